The number of hydrogen-bond acceptors (Lipinski definition) is 11. The Morgan fingerprint density at radius 2 is 1.88 bits per heavy atom. The van der Waals surface area contributed by atoms with Crippen LogP contribution in [0.2, 0.25) is 0 Å². The lowest BCUT2D eigenvalue weighted by Gasteiger charge is -2.09. The minimum Gasteiger partial charge on any atom is -0.346 e. The summed E-state index contributed by atoms with van der Waals surface area (Å²) >= 11 is 0.939. The molecule has 0 saturated carbocycles. The predicted molar refractivity (Wildman–Crippen MR) is 141 cm³/mol. The van der Waals surface area contributed by atoms with Crippen molar-refractivity contribution >= 4 is 29.2 Å². The number of pyridine rings is 3. The molecule has 0 atom stereocenters. The van der Waals surface area contributed by atoms with Crippen LogP contribution in [-0.4, -0.2) is 40.2 Å². The molecule has 0 unspecified atom stereocenters. The molecule has 0 aliphatic heterocycles. The van der Waals surface area contributed by atoms with Crippen molar-refractivity contribution in [2.24, 2.45) is 0 Å². The first-order valence-corrected chi connectivity index (χ1v) is 12.4. The van der Waals surface area contributed by atoms with E-state index in [0.717, 1.165) is 23.8 Å². The Balaban J connectivity index is 1.27. The number of carbonyl (C=O) groups is 1. The van der Waals surface area contributed by atoms with Gasteiger partial charge in [0, 0.05) is 47.5 Å². The van der Waals surface area contributed by atoms with Crippen LogP contribution < -0.4 is 10.6 Å². The van der Waals surface area contributed by atoms with Gasteiger partial charge in [-0.3, -0.25) is 14.8 Å². The summed E-state index contributed by atoms with van der Waals surface area (Å²) in [6.07, 6.45) is 3.98. The highest BCUT2D eigenvalue weighted by Gasteiger charge is 2.17. The van der Waals surface area contributed by atoms with Crippen LogP contribution in [0, 0.1) is 36.8 Å². The van der Waals surface area contributed by atoms with Gasteiger partial charge in [0.05, 0.1) is 11.9 Å². The molecule has 1 amide bonds. The Hall–Kier alpha value is -5.29. The number of halogens is 2. The third-order valence-electron chi connectivity index (χ3n) is 5.54. The number of nitrogens with zero attached hydrogens (tertiary/aromatic N) is 8. The van der Waals surface area contributed by atoms with Crippen molar-refractivity contribution in [3.8, 4) is 28.7 Å². The van der Waals surface area contributed by atoms with Crippen molar-refractivity contribution in [3.63, 3.8) is 0 Å². The van der Waals surface area contributed by atoms with E-state index in [4.69, 9.17) is 5.26 Å². The third-order valence-corrected chi connectivity index (χ3v) is 6.16. The Morgan fingerprint density at radius 1 is 1.02 bits per heavy atom. The first-order chi connectivity index (χ1) is 19.3. The van der Waals surface area contributed by atoms with E-state index in [1.165, 1.54) is 18.5 Å². The zero-order valence-corrected chi connectivity index (χ0v) is 21.8. The Morgan fingerprint density at radius 3 is 2.60 bits per heavy atom. The number of nitriles is 1. The summed E-state index contributed by atoms with van der Waals surface area (Å²) in [5, 5.41) is 14.6. The minimum atomic E-state index is -0.850. The van der Waals surface area contributed by atoms with Gasteiger partial charge in [0.1, 0.15) is 17.7 Å². The number of anilines is 2. The van der Waals surface area contributed by atoms with Crippen LogP contribution in [0.15, 0.2) is 48.9 Å². The molecule has 5 heterocycles. The molecule has 11 nitrogen and oxygen atoms in total. The van der Waals surface area contributed by atoms with Gasteiger partial charge in [0.25, 0.3) is 5.91 Å². The Labute approximate surface area is 230 Å². The molecule has 5 aromatic rings. The lowest BCUT2D eigenvalue weighted by Crippen LogP contribution is -2.25. The molecule has 0 spiro atoms. The second-order valence-electron chi connectivity index (χ2n) is 8.45. The molecule has 0 aliphatic carbocycles. The molecule has 0 aliphatic rings. The molecule has 40 heavy (non-hydrogen) atoms. The van der Waals surface area contributed by atoms with Crippen molar-refractivity contribution in [2.75, 3.05) is 5.32 Å². The molecule has 5 rings (SSSR count). The zero-order valence-electron chi connectivity index (χ0n) is 21.0. The van der Waals surface area contributed by atoms with Gasteiger partial charge in [-0.05, 0) is 49.1 Å². The maximum Gasteiger partial charge on any atom is 0.273 e. The van der Waals surface area contributed by atoms with Crippen molar-refractivity contribution in [1.29, 1.82) is 5.26 Å². The fraction of sp³-hybridized carbons (Fsp3) is 0.115. The van der Waals surface area contributed by atoms with Crippen LogP contribution in [0.1, 0.15) is 32.4 Å². The maximum absolute atomic E-state index is 14.9. The minimum absolute atomic E-state index is 0.0730. The highest BCUT2D eigenvalue weighted by Crippen LogP contribution is 2.23. The summed E-state index contributed by atoms with van der Waals surface area (Å²) < 4.78 is 32.5. The van der Waals surface area contributed by atoms with Crippen LogP contribution in [0.25, 0.3) is 22.6 Å². The van der Waals surface area contributed by atoms with Gasteiger partial charge in [0.15, 0.2) is 17.3 Å². The summed E-state index contributed by atoms with van der Waals surface area (Å²) in [5.74, 6) is -1.31. The second-order valence-corrected chi connectivity index (χ2v) is 9.21. The quantitative estimate of drug-likeness (QED) is 0.297. The van der Waals surface area contributed by atoms with Gasteiger partial charge in [-0.2, -0.15) is 14.6 Å². The Bertz CT molecular complexity index is 1770. The lowest BCUT2D eigenvalue weighted by atomic mass is 10.1. The average Bonchev–Trinajstić information content (AvgIpc) is 3.40. The highest BCUT2D eigenvalue weighted by atomic mass is 32.1. The smallest absolute Gasteiger partial charge is 0.273 e. The van der Waals surface area contributed by atoms with Gasteiger partial charge < -0.3 is 10.6 Å². The second kappa shape index (κ2) is 11.2. The number of aryl methyl sites for hydroxylation is 2. The number of hydrogen-bond donors (Lipinski definition) is 2. The molecule has 0 saturated heterocycles. The molecule has 0 radical (unpaired) electrons. The van der Waals surface area contributed by atoms with E-state index in [2.05, 4.69) is 44.9 Å². The average molecular weight is 557 g/mol. The lowest BCUT2D eigenvalue weighted by molar-refractivity contribution is 0.0941. The van der Waals surface area contributed by atoms with Crippen molar-refractivity contribution in [2.45, 2.75) is 20.4 Å². The third kappa shape index (κ3) is 5.89. The molecule has 0 bridgehead atoms. The van der Waals surface area contributed by atoms with Crippen LogP contribution in [-0.2, 0) is 6.54 Å². The predicted octanol–water partition coefficient (Wildman–Crippen LogP) is 4.29. The summed E-state index contributed by atoms with van der Waals surface area (Å²) in [7, 11) is 0. The summed E-state index contributed by atoms with van der Waals surface area (Å²) in [6, 6.07) is 9.44. The topological polar surface area (TPSA) is 155 Å². The zero-order chi connectivity index (χ0) is 28.2. The summed E-state index contributed by atoms with van der Waals surface area (Å²) in [5.41, 5.74) is 2.83. The first-order valence-electron chi connectivity index (χ1n) is 11.7. The molecule has 5 aromatic heterocycles. The first kappa shape index (κ1) is 26.3. The van der Waals surface area contributed by atoms with E-state index in [1.807, 2.05) is 6.07 Å². The molecule has 0 aromatic carbocycles. The van der Waals surface area contributed by atoms with Crippen LogP contribution in [0.3, 0.4) is 0 Å². The van der Waals surface area contributed by atoms with Crippen molar-refractivity contribution in [3.05, 3.63) is 88.2 Å². The summed E-state index contributed by atoms with van der Waals surface area (Å²) in [4.78, 5) is 37.6. The van der Waals surface area contributed by atoms with Crippen LogP contribution in [0.4, 0.5) is 20.5 Å². The number of nitrogens with one attached hydrogen (secondary N) is 2. The number of carbonyl (C=O) groups excluding carboxylic acids is 1. The van der Waals surface area contributed by atoms with E-state index >= 15 is 0 Å². The van der Waals surface area contributed by atoms with Gasteiger partial charge >= 0.3 is 0 Å². The van der Waals surface area contributed by atoms with Crippen LogP contribution in [0.5, 0.6) is 0 Å². The molecule has 198 valence electrons. The van der Waals surface area contributed by atoms with E-state index in [0.29, 0.717) is 34.0 Å². The van der Waals surface area contributed by atoms with E-state index in [9.17, 15) is 13.6 Å². The molecule has 2 N–H and O–H groups in total. The van der Waals surface area contributed by atoms with Crippen molar-refractivity contribution < 1.29 is 13.6 Å². The van der Waals surface area contributed by atoms with Crippen molar-refractivity contribution in [1.82, 2.24) is 39.6 Å². The molecular formula is C26H18F2N10OS. The fourth-order valence-corrected chi connectivity index (χ4v) is 4.07. The summed E-state index contributed by atoms with van der Waals surface area (Å²) in [6.45, 7) is 3.56. The van der Waals surface area contributed by atoms with Crippen LogP contribution >= 0.6 is 11.5 Å². The Kier molecular flexibility index (Phi) is 7.38. The standard InChI is InChI=1S/C26H18F2N10OS/c1-13-5-21(36-26-37-22(8-29)40-38-26)35-24(34-13)16-6-19(28)23(32-11-16)25(39)33-10-15-3-4-20(31-9-15)18-7-17(27)12-30-14(18)2/h3-7,9,11-12H,10H2,1-2H3,(H,33,39)(H,34,35,36,38). The van der Waals surface area contributed by atoms with Gasteiger partial charge in [-0.25, -0.2) is 23.7 Å². The number of aromatic nitrogens is 7. The monoisotopic (exact) mass is 556 g/mol. The van der Waals surface area contributed by atoms with E-state index in [1.54, 1.807) is 32.0 Å². The van der Waals surface area contributed by atoms with E-state index < -0.39 is 23.2 Å². The number of amides is 1. The highest BCUT2D eigenvalue weighted by molar-refractivity contribution is 7.06. The van der Waals surface area contributed by atoms with E-state index in [-0.39, 0.29) is 28.9 Å². The van der Waals surface area contributed by atoms with Gasteiger partial charge in [-0.15, -0.1) is 0 Å². The molecule has 0 fully saturated rings. The van der Waals surface area contributed by atoms with Gasteiger partial charge in [0.2, 0.25) is 11.0 Å². The number of rotatable bonds is 7. The normalized spacial score (nSPS) is 10.7. The fourth-order valence-electron chi connectivity index (χ4n) is 3.64. The molecule has 14 heteroatoms. The maximum atomic E-state index is 14.9. The van der Waals surface area contributed by atoms with Gasteiger partial charge in [-0.1, -0.05) is 6.07 Å². The SMILES string of the molecule is Cc1cc(Nc2nsc(C#N)n2)nc(-c2cnc(C(=O)NCc3ccc(-c4cc(F)cnc4C)nc3)c(F)c2)n1. The largest absolute Gasteiger partial charge is 0.346 e. The molecular weight excluding hydrogens is 538 g/mol.